The van der Waals surface area contributed by atoms with Gasteiger partial charge in [0.05, 0.1) is 10.6 Å². The first-order valence-electron chi connectivity index (χ1n) is 9.93. The van der Waals surface area contributed by atoms with Crippen molar-refractivity contribution >= 4 is 29.2 Å². The molecule has 0 saturated heterocycles. The van der Waals surface area contributed by atoms with Crippen LogP contribution in [0.5, 0.6) is 0 Å². The summed E-state index contributed by atoms with van der Waals surface area (Å²) >= 11 is 5.92. The second kappa shape index (κ2) is 8.49. The molecule has 1 aliphatic heterocycles. The van der Waals surface area contributed by atoms with Crippen LogP contribution < -0.4 is 21.9 Å². The van der Waals surface area contributed by atoms with E-state index in [2.05, 4.69) is 0 Å². The summed E-state index contributed by atoms with van der Waals surface area (Å²) in [6.45, 7) is -0.144. The first-order chi connectivity index (χ1) is 16.1. The average Bonchev–Trinajstić information content (AvgIpc) is 3.07. The van der Waals surface area contributed by atoms with Crippen LogP contribution in [0.4, 0.5) is 19.0 Å². The molecule has 0 saturated carbocycles. The maximum atomic E-state index is 14.4. The molecule has 3 N–H and O–H groups in total. The third-order valence-corrected chi connectivity index (χ3v) is 5.79. The molecule has 8 nitrogen and oxygen atoms in total. The van der Waals surface area contributed by atoms with E-state index < -0.39 is 46.2 Å². The highest BCUT2D eigenvalue weighted by molar-refractivity contribution is 6.34. The number of aromatic nitrogens is 2. The van der Waals surface area contributed by atoms with E-state index in [0.717, 1.165) is 10.1 Å². The molecule has 1 aromatic heterocycles. The molecular formula is C22H16ClF3N4O4. The van der Waals surface area contributed by atoms with Crippen molar-refractivity contribution in [2.75, 3.05) is 5.32 Å². The van der Waals surface area contributed by atoms with Gasteiger partial charge in [0, 0.05) is 6.54 Å². The van der Waals surface area contributed by atoms with Gasteiger partial charge in [0.1, 0.15) is 11.4 Å². The Morgan fingerprint density at radius 3 is 2.32 bits per heavy atom. The molecule has 1 atom stereocenters. The highest BCUT2D eigenvalue weighted by Gasteiger charge is 2.68. The van der Waals surface area contributed by atoms with Crippen LogP contribution in [-0.2, 0) is 23.3 Å². The van der Waals surface area contributed by atoms with Crippen LogP contribution in [0.2, 0.25) is 5.02 Å². The van der Waals surface area contributed by atoms with Crippen molar-refractivity contribution in [3.63, 3.8) is 0 Å². The summed E-state index contributed by atoms with van der Waals surface area (Å²) in [5.74, 6) is -3.68. The molecule has 2 heterocycles. The van der Waals surface area contributed by atoms with Crippen LogP contribution in [0.3, 0.4) is 0 Å². The number of carbonyl (C=O) groups excluding carboxylic acids is 2. The predicted molar refractivity (Wildman–Crippen MR) is 117 cm³/mol. The smallest absolute Gasteiger partial charge is 0.326 e. The summed E-state index contributed by atoms with van der Waals surface area (Å²) in [6.07, 6.45) is -5.21. The zero-order chi connectivity index (χ0) is 24.7. The number of alkyl halides is 3. The quantitative estimate of drug-likeness (QED) is 0.508. The summed E-state index contributed by atoms with van der Waals surface area (Å²) in [5, 5.41) is 3.50. The second-order valence-corrected chi connectivity index (χ2v) is 7.91. The van der Waals surface area contributed by atoms with Gasteiger partial charge in [-0.3, -0.25) is 23.9 Å². The standard InChI is InChI=1S/C22H16ClF3N4O4/c23-14-9-5-4-8-13(14)17(31)29-21(22(24,25)26)15-16(27-19(21)33)30(20(34)28-18(15)32)11-10-12-6-2-1-3-7-12/h1-9H,10-11H2,(H,27,33)(H,29,31)(H,28,32,34)/t21-/m0/s1. The monoisotopic (exact) mass is 492 g/mol. The number of nitrogens with zero attached hydrogens (tertiary/aromatic N) is 1. The summed E-state index contributed by atoms with van der Waals surface area (Å²) in [4.78, 5) is 52.4. The highest BCUT2D eigenvalue weighted by atomic mass is 35.5. The predicted octanol–water partition coefficient (Wildman–Crippen LogP) is 2.57. The number of nitrogens with one attached hydrogen (secondary N) is 3. The van der Waals surface area contributed by atoms with Crippen LogP contribution in [0.1, 0.15) is 21.5 Å². The number of aryl methyl sites for hydroxylation is 1. The zero-order valence-electron chi connectivity index (χ0n) is 17.2. The van der Waals surface area contributed by atoms with Gasteiger partial charge in [-0.15, -0.1) is 0 Å². The van der Waals surface area contributed by atoms with E-state index in [1.165, 1.54) is 24.3 Å². The molecule has 1 aliphatic rings. The largest absolute Gasteiger partial charge is 0.425 e. The normalized spacial score (nSPS) is 17.2. The van der Waals surface area contributed by atoms with Gasteiger partial charge < -0.3 is 10.6 Å². The minimum absolute atomic E-state index is 0.144. The fourth-order valence-electron chi connectivity index (χ4n) is 3.81. The molecule has 2 amide bonds. The number of aromatic amines is 1. The summed E-state index contributed by atoms with van der Waals surface area (Å²) in [5.41, 5.74) is -6.89. The van der Waals surface area contributed by atoms with E-state index in [1.807, 2.05) is 10.3 Å². The fraction of sp³-hybridized carbons (Fsp3) is 0.182. The lowest BCUT2D eigenvalue weighted by Crippen LogP contribution is -2.62. The van der Waals surface area contributed by atoms with E-state index in [0.29, 0.717) is 0 Å². The molecule has 3 aromatic rings. The molecule has 34 heavy (non-hydrogen) atoms. The van der Waals surface area contributed by atoms with E-state index in [-0.39, 0.29) is 23.6 Å². The topological polar surface area (TPSA) is 113 Å². The molecule has 0 spiro atoms. The van der Waals surface area contributed by atoms with Gasteiger partial charge in [-0.25, -0.2) is 4.79 Å². The van der Waals surface area contributed by atoms with Crippen molar-refractivity contribution in [2.24, 2.45) is 0 Å². The van der Waals surface area contributed by atoms with Crippen molar-refractivity contribution in [3.8, 4) is 0 Å². The van der Waals surface area contributed by atoms with Crippen LogP contribution in [-0.4, -0.2) is 27.5 Å². The second-order valence-electron chi connectivity index (χ2n) is 7.51. The highest BCUT2D eigenvalue weighted by Crippen LogP contribution is 2.45. The SMILES string of the molecule is O=C(N[C@]1(C(F)(F)F)C(=O)Nc2c1c(=O)[nH]c(=O)n2CCc1ccccc1)c1ccccc1Cl. The number of anilines is 1. The third-order valence-electron chi connectivity index (χ3n) is 5.46. The number of rotatable bonds is 5. The van der Waals surface area contributed by atoms with Gasteiger partial charge in [-0.2, -0.15) is 13.2 Å². The lowest BCUT2D eigenvalue weighted by atomic mass is 9.91. The minimum atomic E-state index is -5.44. The van der Waals surface area contributed by atoms with E-state index >= 15 is 0 Å². The molecule has 2 aromatic carbocycles. The molecule has 176 valence electrons. The lowest BCUT2D eigenvalue weighted by molar-refractivity contribution is -0.196. The molecule has 4 rings (SSSR count). The molecule has 12 heteroatoms. The molecule has 0 fully saturated rings. The Hall–Kier alpha value is -3.86. The van der Waals surface area contributed by atoms with E-state index in [1.54, 1.807) is 35.6 Å². The Morgan fingerprint density at radius 2 is 1.68 bits per heavy atom. The maximum Gasteiger partial charge on any atom is 0.425 e. The Labute approximate surface area is 194 Å². The van der Waals surface area contributed by atoms with Gasteiger partial charge >= 0.3 is 11.9 Å². The van der Waals surface area contributed by atoms with E-state index in [9.17, 15) is 32.3 Å². The zero-order valence-corrected chi connectivity index (χ0v) is 18.0. The van der Waals surface area contributed by atoms with Gasteiger partial charge in [0.25, 0.3) is 22.9 Å². The number of benzene rings is 2. The number of H-pyrrole nitrogens is 1. The van der Waals surface area contributed by atoms with Gasteiger partial charge in [-0.1, -0.05) is 54.1 Å². The minimum Gasteiger partial charge on any atom is -0.326 e. The van der Waals surface area contributed by atoms with Crippen molar-refractivity contribution in [1.82, 2.24) is 14.9 Å². The summed E-state index contributed by atoms with van der Waals surface area (Å²) in [7, 11) is 0. The van der Waals surface area contributed by atoms with Gasteiger partial charge in [0.2, 0.25) is 0 Å². The number of hydrogen-bond acceptors (Lipinski definition) is 4. The Bertz CT molecular complexity index is 1400. The number of amides is 2. The van der Waals surface area contributed by atoms with Gasteiger partial charge in [0.15, 0.2) is 0 Å². The number of fused-ring (bicyclic) bond motifs is 1. The first kappa shape index (κ1) is 23.3. The van der Waals surface area contributed by atoms with Crippen LogP contribution in [0, 0.1) is 0 Å². The molecule has 0 bridgehead atoms. The number of carbonyl (C=O) groups is 2. The number of halogens is 4. The first-order valence-corrected chi connectivity index (χ1v) is 10.3. The molecule has 0 unspecified atom stereocenters. The Balaban J connectivity index is 1.85. The lowest BCUT2D eigenvalue weighted by Gasteiger charge is -2.30. The van der Waals surface area contributed by atoms with Crippen molar-refractivity contribution in [2.45, 2.75) is 24.7 Å². The van der Waals surface area contributed by atoms with Crippen molar-refractivity contribution in [1.29, 1.82) is 0 Å². The molecular weight excluding hydrogens is 477 g/mol. The molecule has 0 radical (unpaired) electrons. The van der Waals surface area contributed by atoms with E-state index in [4.69, 9.17) is 11.6 Å². The fourth-order valence-corrected chi connectivity index (χ4v) is 4.03. The summed E-state index contributed by atoms with van der Waals surface area (Å²) in [6, 6.07) is 14.1. The number of hydrogen-bond donors (Lipinski definition) is 3. The van der Waals surface area contributed by atoms with Crippen LogP contribution in [0.25, 0.3) is 0 Å². The summed E-state index contributed by atoms with van der Waals surface area (Å²) < 4.78 is 44.1. The Kier molecular flexibility index (Phi) is 5.82. The Morgan fingerprint density at radius 1 is 1.03 bits per heavy atom. The third kappa shape index (κ3) is 3.77. The van der Waals surface area contributed by atoms with Gasteiger partial charge in [-0.05, 0) is 24.1 Å². The maximum absolute atomic E-state index is 14.4. The van der Waals surface area contributed by atoms with Crippen molar-refractivity contribution in [3.05, 3.63) is 97.1 Å². The van der Waals surface area contributed by atoms with Crippen molar-refractivity contribution < 1.29 is 22.8 Å². The average molecular weight is 493 g/mol. The van der Waals surface area contributed by atoms with Crippen LogP contribution >= 0.6 is 11.6 Å². The van der Waals surface area contributed by atoms with Crippen LogP contribution in [0.15, 0.2) is 64.2 Å². The molecule has 0 aliphatic carbocycles.